The van der Waals surface area contributed by atoms with Crippen LogP contribution in [0, 0.1) is 5.92 Å². The molecule has 6 nitrogen and oxygen atoms in total. The largest absolute Gasteiger partial charge is 0.508 e. The maximum Gasteiger partial charge on any atom is 0.193 e. The van der Waals surface area contributed by atoms with Crippen LogP contribution in [-0.2, 0) is 6.42 Å². The molecule has 2 aromatic carbocycles. The lowest BCUT2D eigenvalue weighted by atomic mass is 9.88. The molecule has 0 amide bonds. The molecule has 0 unspecified atom stereocenters. The molecular weight excluding hydrogens is 420 g/mol. The molecule has 2 aromatic rings. The lowest BCUT2D eigenvalue weighted by Crippen LogP contribution is -2.08. The quantitative estimate of drug-likeness (QED) is 0.239. The van der Waals surface area contributed by atoms with Crippen molar-refractivity contribution in [2.24, 2.45) is 5.92 Å². The van der Waals surface area contributed by atoms with Gasteiger partial charge in [-0.15, -0.1) is 0 Å². The molecule has 6 heteroatoms. The molecule has 0 aliphatic rings. The molecule has 0 saturated carbocycles. The number of hydrogen-bond acceptors (Lipinski definition) is 6. The average Bonchev–Trinajstić information content (AvgIpc) is 2.76. The van der Waals surface area contributed by atoms with Crippen LogP contribution >= 0.6 is 0 Å². The van der Waals surface area contributed by atoms with E-state index in [4.69, 9.17) is 9.47 Å². The van der Waals surface area contributed by atoms with Gasteiger partial charge in [0, 0.05) is 23.3 Å². The maximum absolute atomic E-state index is 13.1. The average molecular weight is 453 g/mol. The van der Waals surface area contributed by atoms with Crippen molar-refractivity contribution in [2.75, 3.05) is 14.2 Å². The van der Waals surface area contributed by atoms with Crippen LogP contribution in [0.5, 0.6) is 28.7 Å². The van der Waals surface area contributed by atoms with Crippen LogP contribution in [0.3, 0.4) is 0 Å². The van der Waals surface area contributed by atoms with Crippen LogP contribution < -0.4 is 9.47 Å². The summed E-state index contributed by atoms with van der Waals surface area (Å²) in [5.41, 5.74) is 2.88. The minimum absolute atomic E-state index is 0.0233. The summed E-state index contributed by atoms with van der Waals surface area (Å²) in [6.45, 7) is 9.95. The summed E-state index contributed by atoms with van der Waals surface area (Å²) in [5.74, 6) is -0.488. The smallest absolute Gasteiger partial charge is 0.193 e. The van der Waals surface area contributed by atoms with E-state index in [2.05, 4.69) is 12.7 Å². The molecular formula is C27H32O6. The Balaban J connectivity index is 2.47. The van der Waals surface area contributed by atoms with Crippen LogP contribution in [0.25, 0.3) is 6.08 Å². The Kier molecular flexibility index (Phi) is 8.74. The molecule has 3 N–H and O–H groups in total. The molecule has 0 fully saturated rings. The van der Waals surface area contributed by atoms with Crippen molar-refractivity contribution in [1.29, 1.82) is 0 Å². The number of allylic oxidation sites excluding steroid dienone is 4. The van der Waals surface area contributed by atoms with Crippen LogP contribution in [-0.4, -0.2) is 35.3 Å². The highest BCUT2D eigenvalue weighted by molar-refractivity contribution is 6.11. The first-order chi connectivity index (χ1) is 15.6. The topological polar surface area (TPSA) is 96.2 Å². The van der Waals surface area contributed by atoms with Gasteiger partial charge >= 0.3 is 0 Å². The number of methoxy groups -OCH3 is 2. The van der Waals surface area contributed by atoms with E-state index in [9.17, 15) is 20.1 Å². The van der Waals surface area contributed by atoms with E-state index in [1.54, 1.807) is 6.07 Å². The number of phenols is 3. The van der Waals surface area contributed by atoms with Crippen molar-refractivity contribution in [3.05, 3.63) is 70.8 Å². The van der Waals surface area contributed by atoms with Crippen LogP contribution in [0.2, 0.25) is 0 Å². The van der Waals surface area contributed by atoms with Gasteiger partial charge in [-0.2, -0.15) is 0 Å². The van der Waals surface area contributed by atoms with Crippen molar-refractivity contribution in [3.8, 4) is 28.7 Å². The number of carbonyl (C=O) groups is 1. The van der Waals surface area contributed by atoms with Crippen molar-refractivity contribution in [3.63, 3.8) is 0 Å². The molecule has 0 radical (unpaired) electrons. The summed E-state index contributed by atoms with van der Waals surface area (Å²) in [4.78, 5) is 13.1. The van der Waals surface area contributed by atoms with E-state index in [-0.39, 0.29) is 40.0 Å². The number of benzene rings is 2. The Morgan fingerprint density at radius 2 is 1.73 bits per heavy atom. The van der Waals surface area contributed by atoms with Gasteiger partial charge in [0.1, 0.15) is 34.3 Å². The van der Waals surface area contributed by atoms with Crippen molar-refractivity contribution < 1.29 is 29.6 Å². The van der Waals surface area contributed by atoms with Crippen molar-refractivity contribution in [2.45, 2.75) is 33.6 Å². The third-order valence-corrected chi connectivity index (χ3v) is 5.40. The monoisotopic (exact) mass is 452 g/mol. The first kappa shape index (κ1) is 25.6. The predicted octanol–water partition coefficient (Wildman–Crippen LogP) is 5.81. The second-order valence-electron chi connectivity index (χ2n) is 8.19. The van der Waals surface area contributed by atoms with E-state index in [1.807, 2.05) is 20.8 Å². The highest BCUT2D eigenvalue weighted by Gasteiger charge is 2.24. The molecule has 0 saturated heterocycles. The van der Waals surface area contributed by atoms with Gasteiger partial charge in [-0.1, -0.05) is 23.8 Å². The minimum atomic E-state index is -0.503. The minimum Gasteiger partial charge on any atom is -0.508 e. The highest BCUT2D eigenvalue weighted by atomic mass is 16.5. The Hall–Kier alpha value is -3.67. The van der Waals surface area contributed by atoms with E-state index in [0.717, 1.165) is 11.1 Å². The number of ether oxygens (including phenoxy) is 2. The molecule has 2 rings (SSSR count). The number of aromatic hydroxyl groups is 3. The molecule has 1 atom stereocenters. The molecule has 0 bridgehead atoms. The first-order valence-corrected chi connectivity index (χ1v) is 10.6. The van der Waals surface area contributed by atoms with Gasteiger partial charge in [-0.3, -0.25) is 4.79 Å². The lowest BCUT2D eigenvalue weighted by molar-refractivity contribution is 0.104. The Bertz CT molecular complexity index is 1090. The normalized spacial score (nSPS) is 11.8. The lowest BCUT2D eigenvalue weighted by Gasteiger charge is -2.19. The van der Waals surface area contributed by atoms with Crippen LogP contribution in [0.4, 0.5) is 0 Å². The Morgan fingerprint density at radius 1 is 1.06 bits per heavy atom. The Morgan fingerprint density at radius 3 is 2.30 bits per heavy atom. The van der Waals surface area contributed by atoms with E-state index >= 15 is 0 Å². The standard InChI is InChI=1S/C27H32O6/c1-16(2)7-8-19(17(3)4)13-21-23(30)15-25(33-6)26(27(21)31)22(29)12-10-18-9-11-20(28)14-24(18)32-5/h7,9-12,14-15,19,28,30-31H,3,8,13H2,1-2,4-6H3/t19-/m1/s1. The van der Waals surface area contributed by atoms with Gasteiger partial charge in [0.05, 0.1) is 14.2 Å². The maximum atomic E-state index is 13.1. The van der Waals surface area contributed by atoms with Crippen LogP contribution in [0.15, 0.2) is 54.1 Å². The molecule has 176 valence electrons. The summed E-state index contributed by atoms with van der Waals surface area (Å²) in [6, 6.07) is 5.87. The number of rotatable bonds is 10. The van der Waals surface area contributed by atoms with E-state index in [0.29, 0.717) is 24.2 Å². The zero-order valence-electron chi connectivity index (χ0n) is 19.8. The van der Waals surface area contributed by atoms with Crippen LogP contribution in [0.1, 0.15) is 48.7 Å². The first-order valence-electron chi connectivity index (χ1n) is 10.6. The number of carbonyl (C=O) groups excluding carboxylic acids is 1. The molecule has 0 aromatic heterocycles. The molecule has 33 heavy (non-hydrogen) atoms. The predicted molar refractivity (Wildman–Crippen MR) is 130 cm³/mol. The zero-order chi connectivity index (χ0) is 24.7. The second-order valence-corrected chi connectivity index (χ2v) is 8.19. The fourth-order valence-corrected chi connectivity index (χ4v) is 3.44. The SMILES string of the molecule is C=C(C)[C@H](CC=C(C)C)Cc1c(O)cc(OC)c(C(=O)C=Cc2ccc(O)cc2OC)c1O. The summed E-state index contributed by atoms with van der Waals surface area (Å²) in [5, 5.41) is 31.2. The summed E-state index contributed by atoms with van der Waals surface area (Å²) in [7, 11) is 2.82. The van der Waals surface area contributed by atoms with Gasteiger partial charge in [0.25, 0.3) is 0 Å². The molecule has 0 aliphatic carbocycles. The molecule has 0 heterocycles. The molecule has 0 aliphatic heterocycles. The third-order valence-electron chi connectivity index (χ3n) is 5.40. The summed E-state index contributed by atoms with van der Waals surface area (Å²) in [6.07, 6.45) is 5.91. The number of hydrogen-bond donors (Lipinski definition) is 3. The van der Waals surface area contributed by atoms with Crippen molar-refractivity contribution >= 4 is 11.9 Å². The molecule has 0 spiro atoms. The van der Waals surface area contributed by atoms with Gasteiger partial charge in [-0.05, 0) is 63.8 Å². The van der Waals surface area contributed by atoms with Crippen molar-refractivity contribution in [1.82, 2.24) is 0 Å². The Labute approximate surface area is 195 Å². The fraction of sp³-hybridized carbons (Fsp3) is 0.296. The second kappa shape index (κ2) is 11.3. The van der Waals surface area contributed by atoms with Gasteiger partial charge in [0.15, 0.2) is 5.78 Å². The zero-order valence-corrected chi connectivity index (χ0v) is 19.8. The number of phenolic OH excluding ortho intramolecular Hbond substituents is 3. The van der Waals surface area contributed by atoms with Gasteiger partial charge < -0.3 is 24.8 Å². The summed E-state index contributed by atoms with van der Waals surface area (Å²) >= 11 is 0. The van der Waals surface area contributed by atoms with E-state index in [1.165, 1.54) is 44.6 Å². The van der Waals surface area contributed by atoms with E-state index < -0.39 is 5.78 Å². The number of ketones is 1. The van der Waals surface area contributed by atoms with Gasteiger partial charge in [0.2, 0.25) is 0 Å². The third kappa shape index (κ3) is 6.42. The van der Waals surface area contributed by atoms with Gasteiger partial charge in [-0.25, -0.2) is 0 Å². The summed E-state index contributed by atoms with van der Waals surface area (Å²) < 4.78 is 10.5. The fourth-order valence-electron chi connectivity index (χ4n) is 3.44. The highest BCUT2D eigenvalue weighted by Crippen LogP contribution is 2.41.